The minimum Gasteiger partial charge on any atom is -0.618 e. The van der Waals surface area contributed by atoms with E-state index in [1.54, 1.807) is 26.6 Å². The van der Waals surface area contributed by atoms with Crippen LogP contribution in [0, 0.1) is 22.3 Å². The summed E-state index contributed by atoms with van der Waals surface area (Å²) in [4.78, 5) is 0. The van der Waals surface area contributed by atoms with E-state index in [0.29, 0.717) is 84.9 Å². The summed E-state index contributed by atoms with van der Waals surface area (Å²) in [7, 11) is 3.17. The molecular formula is C36H39N5O6. The number of hydrogen-bond acceptors (Lipinski definition) is 7. The first-order valence-electron chi connectivity index (χ1n) is 15.9. The fraction of sp³-hybridized carbons (Fsp3) is 0.333. The molecule has 2 N–H and O–H groups in total. The highest BCUT2D eigenvalue weighted by atomic mass is 16.5. The van der Waals surface area contributed by atoms with Gasteiger partial charge >= 0.3 is 0 Å². The lowest BCUT2D eigenvalue weighted by Gasteiger charge is -2.22. The number of allylic oxidation sites excluding steroid dienone is 8. The average Bonchev–Trinajstić information content (AvgIpc) is 3.45. The fourth-order valence-electron chi connectivity index (χ4n) is 6.97. The molecule has 0 bridgehead atoms. The zero-order valence-electron chi connectivity index (χ0n) is 26.8. The molecule has 0 radical (unpaired) electrons. The molecular weight excluding hydrogens is 598 g/mol. The molecule has 2 aliphatic carbocycles. The largest absolute Gasteiger partial charge is 0.618 e. The number of rotatable bonds is 9. The summed E-state index contributed by atoms with van der Waals surface area (Å²) in [5.74, 6) is 2.28. The molecule has 2 aliphatic heterocycles. The lowest BCUT2D eigenvalue weighted by Crippen LogP contribution is -2.19. The van der Waals surface area contributed by atoms with Crippen molar-refractivity contribution in [1.29, 1.82) is 0 Å². The summed E-state index contributed by atoms with van der Waals surface area (Å²) >= 11 is 0. The molecule has 244 valence electrons. The van der Waals surface area contributed by atoms with E-state index >= 15 is 0 Å². The van der Waals surface area contributed by atoms with Gasteiger partial charge in [-0.1, -0.05) is 29.9 Å². The Labute approximate surface area is 273 Å². The first-order chi connectivity index (χ1) is 22.8. The van der Waals surface area contributed by atoms with Gasteiger partial charge in [0.05, 0.1) is 51.7 Å². The number of benzene rings is 1. The highest BCUT2D eigenvalue weighted by Gasteiger charge is 2.34. The molecule has 1 aromatic carbocycles. The van der Waals surface area contributed by atoms with Crippen LogP contribution in [0.4, 0.5) is 5.69 Å². The van der Waals surface area contributed by atoms with Crippen LogP contribution in [0.2, 0.25) is 0 Å². The molecule has 47 heavy (non-hydrogen) atoms. The molecule has 7 rings (SSSR count). The zero-order valence-corrected chi connectivity index (χ0v) is 26.8. The first-order valence-corrected chi connectivity index (χ1v) is 15.9. The van der Waals surface area contributed by atoms with Gasteiger partial charge < -0.3 is 44.2 Å². The molecule has 0 saturated carbocycles. The highest BCUT2D eigenvalue weighted by Crippen LogP contribution is 2.40. The van der Waals surface area contributed by atoms with Crippen LogP contribution in [-0.4, -0.2) is 58.5 Å². The van der Waals surface area contributed by atoms with Crippen LogP contribution < -0.4 is 24.7 Å². The number of hydrogen-bond donors (Lipinski definition) is 1. The average molecular weight is 638 g/mol. The number of nitrogens with two attached hydrogens (primary N) is 1. The zero-order chi connectivity index (χ0) is 32.7. The Balaban J connectivity index is 1.01. The monoisotopic (exact) mass is 637 g/mol. The molecule has 0 spiro atoms. The lowest BCUT2D eigenvalue weighted by molar-refractivity contribution is -0.405. The molecule has 2 atom stereocenters. The molecule has 0 saturated heterocycles. The van der Waals surface area contributed by atoms with Crippen molar-refractivity contribution in [2.75, 3.05) is 33.2 Å². The van der Waals surface area contributed by atoms with Crippen LogP contribution in [0.5, 0.6) is 23.0 Å². The van der Waals surface area contributed by atoms with Gasteiger partial charge in [0.15, 0.2) is 45.8 Å². The molecule has 4 aliphatic rings. The predicted molar refractivity (Wildman–Crippen MR) is 180 cm³/mol. The molecule has 2 unspecified atom stereocenters. The van der Waals surface area contributed by atoms with Crippen molar-refractivity contribution in [1.82, 2.24) is 9.13 Å². The van der Waals surface area contributed by atoms with E-state index in [2.05, 4.69) is 6.92 Å². The van der Waals surface area contributed by atoms with E-state index in [1.807, 2.05) is 70.1 Å². The summed E-state index contributed by atoms with van der Waals surface area (Å²) in [6.45, 7) is 4.10. The van der Waals surface area contributed by atoms with Gasteiger partial charge in [-0.3, -0.25) is 0 Å². The number of methoxy groups -OCH3 is 2. The van der Waals surface area contributed by atoms with E-state index in [9.17, 15) is 10.4 Å². The van der Waals surface area contributed by atoms with E-state index < -0.39 is 0 Å². The van der Waals surface area contributed by atoms with Crippen LogP contribution in [0.3, 0.4) is 0 Å². The van der Waals surface area contributed by atoms with Crippen LogP contribution in [0.15, 0.2) is 77.9 Å². The predicted octanol–water partition coefficient (Wildman–Crippen LogP) is 5.46. The maximum atomic E-state index is 13.2. The third-order valence-electron chi connectivity index (χ3n) is 9.23. The van der Waals surface area contributed by atoms with Gasteiger partial charge in [0.2, 0.25) is 12.4 Å². The number of anilines is 1. The highest BCUT2D eigenvalue weighted by molar-refractivity contribution is 5.82. The number of nitrogens with zero attached hydrogens (tertiary/aromatic N) is 4. The molecule has 11 nitrogen and oxygen atoms in total. The normalized spacial score (nSPS) is 19.9. The smallest absolute Gasteiger partial charge is 0.208 e. The van der Waals surface area contributed by atoms with Gasteiger partial charge in [-0.2, -0.15) is 9.48 Å². The minimum absolute atomic E-state index is 0.0237. The third-order valence-corrected chi connectivity index (χ3v) is 9.23. The fourth-order valence-corrected chi connectivity index (χ4v) is 6.97. The number of fused-ring (bicyclic) bond motifs is 4. The van der Waals surface area contributed by atoms with Gasteiger partial charge in [0.25, 0.3) is 0 Å². The van der Waals surface area contributed by atoms with Gasteiger partial charge in [-0.25, -0.2) is 0 Å². The Morgan fingerprint density at radius 2 is 1.38 bits per heavy atom. The number of aromatic nitrogens is 2. The van der Waals surface area contributed by atoms with Crippen molar-refractivity contribution < 1.29 is 28.4 Å². The Kier molecular flexibility index (Phi) is 8.05. The van der Waals surface area contributed by atoms with Crippen molar-refractivity contribution in [2.24, 2.45) is 11.8 Å². The van der Waals surface area contributed by atoms with Gasteiger partial charge in [0, 0.05) is 37.3 Å². The van der Waals surface area contributed by atoms with E-state index in [0.717, 1.165) is 32.7 Å². The number of ether oxygens (including phenoxy) is 4. The Morgan fingerprint density at radius 3 is 1.96 bits per heavy atom. The second-order valence-electron chi connectivity index (χ2n) is 12.4. The van der Waals surface area contributed by atoms with E-state index in [-0.39, 0.29) is 11.8 Å². The van der Waals surface area contributed by atoms with Gasteiger partial charge in [-0.05, 0) is 43.0 Å². The van der Waals surface area contributed by atoms with E-state index in [1.165, 1.54) is 5.57 Å². The number of hydroxylamine groups is 2. The topological polar surface area (TPSA) is 125 Å². The van der Waals surface area contributed by atoms with Crippen molar-refractivity contribution in [3.8, 4) is 23.0 Å². The maximum absolute atomic E-state index is 13.2. The van der Waals surface area contributed by atoms with Crippen molar-refractivity contribution in [3.63, 3.8) is 0 Å². The Morgan fingerprint density at radius 1 is 0.809 bits per heavy atom. The summed E-state index contributed by atoms with van der Waals surface area (Å²) < 4.78 is 29.7. The molecule has 11 heteroatoms. The number of nitrogen functional groups attached to an aromatic ring is 1. The molecule has 0 fully saturated rings. The summed E-state index contributed by atoms with van der Waals surface area (Å²) in [5.41, 5.74) is 13.0. The third kappa shape index (κ3) is 5.77. The Hall–Kier alpha value is -5.32. The van der Waals surface area contributed by atoms with Crippen LogP contribution in [-0.2, 0) is 13.1 Å². The minimum atomic E-state index is -0.0237. The SMILES string of the molecule is COc1c(OCCCOc2cn3c(c2OC)C=[N+]([O-])C2=CC=C(c4cccc(N)c4)CC2C3)cn2c1C=[N+]([O-])C1=CC=C(C)CC1C2. The summed E-state index contributed by atoms with van der Waals surface area (Å²) in [6, 6.07) is 7.82. The molecule has 0 amide bonds. The van der Waals surface area contributed by atoms with Gasteiger partial charge in [0.1, 0.15) is 0 Å². The molecule has 2 aromatic heterocycles. The van der Waals surface area contributed by atoms with Crippen molar-refractivity contribution in [2.45, 2.75) is 39.3 Å². The van der Waals surface area contributed by atoms with Crippen molar-refractivity contribution in [3.05, 3.63) is 105 Å². The quantitative estimate of drug-likeness (QED) is 0.143. The second-order valence-corrected chi connectivity index (χ2v) is 12.4. The Bertz CT molecular complexity index is 1910. The van der Waals surface area contributed by atoms with E-state index in [4.69, 9.17) is 24.7 Å². The molecule has 3 aromatic rings. The standard InChI is InChI=1S/C36H39N5O6/c1-23-8-10-29-26(14-23)17-38-21-33(35(44-2)31(38)19-40(29)42)46-12-5-13-47-34-22-39-18-27-15-25(24-6-4-7-28(37)16-24)9-11-30(27)41(43)20-32(39)36(34)45-3/h4,6-11,16,19-22,26-27H,5,12-15,17-18,37H2,1-3H3. The summed E-state index contributed by atoms with van der Waals surface area (Å²) in [6.07, 6.45) is 16.9. The van der Waals surface area contributed by atoms with Crippen LogP contribution >= 0.6 is 0 Å². The summed E-state index contributed by atoms with van der Waals surface area (Å²) in [5, 5.41) is 26.2. The van der Waals surface area contributed by atoms with Crippen LogP contribution in [0.1, 0.15) is 43.1 Å². The van der Waals surface area contributed by atoms with Crippen LogP contribution in [0.25, 0.3) is 5.57 Å². The lowest BCUT2D eigenvalue weighted by atomic mass is 9.87. The molecule has 4 heterocycles. The van der Waals surface area contributed by atoms with Crippen molar-refractivity contribution >= 4 is 23.7 Å². The maximum Gasteiger partial charge on any atom is 0.208 e. The second kappa shape index (κ2) is 12.5. The first kappa shape index (κ1) is 30.3. The van der Waals surface area contributed by atoms with Gasteiger partial charge in [-0.15, -0.1) is 0 Å².